The number of amides is 2. The van der Waals surface area contributed by atoms with Gasteiger partial charge in [0.1, 0.15) is 5.75 Å². The second-order valence-electron chi connectivity index (χ2n) is 8.95. The zero-order chi connectivity index (χ0) is 21.7. The lowest BCUT2D eigenvalue weighted by molar-refractivity contribution is -0.130. The standard InChI is InChI=1S/C25H32N2O3/c1-25(2,3)20-12-10-19(11-13-20)24(29)26-17-23(28)27-14-6-8-21(27)15-18-7-5-9-22(16-18)30-4/h5,7,9-13,16,21H,6,8,14-15,17H2,1-4H3,(H,26,29). The Kier molecular flexibility index (Phi) is 6.80. The molecule has 3 rings (SSSR count). The zero-order valence-corrected chi connectivity index (χ0v) is 18.4. The molecular weight excluding hydrogens is 376 g/mol. The topological polar surface area (TPSA) is 58.6 Å². The molecule has 0 aromatic heterocycles. The van der Waals surface area contributed by atoms with Crippen LogP contribution < -0.4 is 10.1 Å². The molecule has 1 aliphatic heterocycles. The van der Waals surface area contributed by atoms with Crippen molar-refractivity contribution < 1.29 is 14.3 Å². The molecule has 0 spiro atoms. The van der Waals surface area contributed by atoms with E-state index in [1.807, 2.05) is 47.4 Å². The number of carbonyl (C=O) groups excluding carboxylic acids is 2. The molecule has 0 bridgehead atoms. The number of hydrogen-bond donors (Lipinski definition) is 1. The Labute approximate surface area is 179 Å². The Bertz CT molecular complexity index is 884. The van der Waals surface area contributed by atoms with Gasteiger partial charge in [-0.15, -0.1) is 0 Å². The van der Waals surface area contributed by atoms with Crippen molar-refractivity contribution in [2.75, 3.05) is 20.2 Å². The first-order valence-corrected chi connectivity index (χ1v) is 10.6. The van der Waals surface area contributed by atoms with Crippen LogP contribution in [0.2, 0.25) is 0 Å². The number of carbonyl (C=O) groups is 2. The second kappa shape index (κ2) is 9.33. The average molecular weight is 409 g/mol. The molecule has 1 heterocycles. The van der Waals surface area contributed by atoms with Crippen LogP contribution in [0.1, 0.15) is 55.1 Å². The van der Waals surface area contributed by atoms with Crippen LogP contribution in [-0.2, 0) is 16.6 Å². The average Bonchev–Trinajstić information content (AvgIpc) is 3.19. The maximum Gasteiger partial charge on any atom is 0.251 e. The lowest BCUT2D eigenvalue weighted by Crippen LogP contribution is -2.43. The van der Waals surface area contributed by atoms with Crippen LogP contribution in [0.5, 0.6) is 5.75 Å². The molecular formula is C25H32N2O3. The molecule has 1 fully saturated rings. The Morgan fingerprint density at radius 3 is 2.53 bits per heavy atom. The lowest BCUT2D eigenvalue weighted by atomic mass is 9.87. The van der Waals surface area contributed by atoms with Gasteiger partial charge >= 0.3 is 0 Å². The van der Waals surface area contributed by atoms with E-state index in [0.29, 0.717) is 5.56 Å². The SMILES string of the molecule is COc1cccc(CC2CCCN2C(=O)CNC(=O)c2ccc(C(C)(C)C)cc2)c1. The zero-order valence-electron chi connectivity index (χ0n) is 18.4. The molecule has 2 amide bonds. The lowest BCUT2D eigenvalue weighted by Gasteiger charge is -2.25. The normalized spacial score (nSPS) is 16.4. The summed E-state index contributed by atoms with van der Waals surface area (Å²) in [6.45, 7) is 7.17. The molecule has 1 unspecified atom stereocenters. The minimum atomic E-state index is -0.215. The van der Waals surface area contributed by atoms with Gasteiger partial charge in [-0.25, -0.2) is 0 Å². The third-order valence-electron chi connectivity index (χ3n) is 5.72. The van der Waals surface area contributed by atoms with E-state index < -0.39 is 0 Å². The molecule has 1 saturated heterocycles. The summed E-state index contributed by atoms with van der Waals surface area (Å²) < 4.78 is 5.30. The van der Waals surface area contributed by atoms with Crippen molar-refractivity contribution in [1.29, 1.82) is 0 Å². The molecule has 1 aliphatic rings. The predicted octanol–water partition coefficient (Wildman–Crippen LogP) is 3.96. The molecule has 1 atom stereocenters. The van der Waals surface area contributed by atoms with Crippen LogP contribution in [0, 0.1) is 0 Å². The van der Waals surface area contributed by atoms with Crippen molar-refractivity contribution >= 4 is 11.8 Å². The minimum absolute atomic E-state index is 0.0223. The van der Waals surface area contributed by atoms with Crippen molar-refractivity contribution in [3.05, 3.63) is 65.2 Å². The van der Waals surface area contributed by atoms with E-state index in [0.717, 1.165) is 37.1 Å². The quantitative estimate of drug-likeness (QED) is 0.787. The van der Waals surface area contributed by atoms with Gasteiger partial charge in [-0.3, -0.25) is 9.59 Å². The van der Waals surface area contributed by atoms with Crippen LogP contribution in [0.25, 0.3) is 0 Å². The summed E-state index contributed by atoms with van der Waals surface area (Å²) in [7, 11) is 1.66. The van der Waals surface area contributed by atoms with E-state index in [-0.39, 0.29) is 29.8 Å². The molecule has 160 valence electrons. The van der Waals surface area contributed by atoms with Crippen molar-refractivity contribution in [3.63, 3.8) is 0 Å². The fourth-order valence-corrected chi connectivity index (χ4v) is 3.93. The van der Waals surface area contributed by atoms with Gasteiger partial charge in [0.15, 0.2) is 0 Å². The van der Waals surface area contributed by atoms with E-state index >= 15 is 0 Å². The summed E-state index contributed by atoms with van der Waals surface area (Å²) in [5.41, 5.74) is 2.94. The van der Waals surface area contributed by atoms with Gasteiger partial charge in [0, 0.05) is 18.2 Å². The molecule has 1 N–H and O–H groups in total. The van der Waals surface area contributed by atoms with Crippen LogP contribution in [-0.4, -0.2) is 43.0 Å². The number of nitrogens with one attached hydrogen (secondary N) is 1. The highest BCUT2D eigenvalue weighted by atomic mass is 16.5. The second-order valence-corrected chi connectivity index (χ2v) is 8.95. The number of likely N-dealkylation sites (tertiary alicyclic amines) is 1. The maximum atomic E-state index is 12.8. The highest BCUT2D eigenvalue weighted by Crippen LogP contribution is 2.24. The first-order chi connectivity index (χ1) is 14.3. The van der Waals surface area contributed by atoms with Crippen molar-refractivity contribution in [2.45, 2.75) is 51.5 Å². The molecule has 0 saturated carbocycles. The Balaban J connectivity index is 1.56. The van der Waals surface area contributed by atoms with Crippen LogP contribution in [0.4, 0.5) is 0 Å². The number of benzene rings is 2. The Morgan fingerprint density at radius 1 is 1.13 bits per heavy atom. The van der Waals surface area contributed by atoms with E-state index in [1.54, 1.807) is 7.11 Å². The van der Waals surface area contributed by atoms with Crippen LogP contribution >= 0.6 is 0 Å². The van der Waals surface area contributed by atoms with E-state index in [9.17, 15) is 9.59 Å². The highest BCUT2D eigenvalue weighted by Gasteiger charge is 2.29. The summed E-state index contributed by atoms with van der Waals surface area (Å²) >= 11 is 0. The molecule has 2 aromatic rings. The van der Waals surface area contributed by atoms with Gasteiger partial charge < -0.3 is 15.0 Å². The van der Waals surface area contributed by atoms with Gasteiger partial charge in [-0.2, -0.15) is 0 Å². The van der Waals surface area contributed by atoms with E-state index in [1.165, 1.54) is 5.56 Å². The van der Waals surface area contributed by atoms with Gasteiger partial charge in [-0.1, -0.05) is 45.0 Å². The summed E-state index contributed by atoms with van der Waals surface area (Å²) in [6, 6.07) is 15.7. The Morgan fingerprint density at radius 2 is 1.87 bits per heavy atom. The fourth-order valence-electron chi connectivity index (χ4n) is 3.93. The number of ether oxygens (including phenoxy) is 1. The summed E-state index contributed by atoms with van der Waals surface area (Å²) in [4.78, 5) is 27.2. The molecule has 0 aliphatic carbocycles. The largest absolute Gasteiger partial charge is 0.497 e. The van der Waals surface area contributed by atoms with Gasteiger partial charge in [0.25, 0.3) is 5.91 Å². The molecule has 2 aromatic carbocycles. The predicted molar refractivity (Wildman–Crippen MR) is 119 cm³/mol. The number of hydrogen-bond acceptors (Lipinski definition) is 3. The molecule has 5 heteroatoms. The number of nitrogens with zero attached hydrogens (tertiary/aromatic N) is 1. The summed E-state index contributed by atoms with van der Waals surface area (Å²) in [5.74, 6) is 0.584. The third kappa shape index (κ3) is 5.41. The summed E-state index contributed by atoms with van der Waals surface area (Å²) in [6.07, 6.45) is 2.76. The van der Waals surface area contributed by atoms with E-state index in [2.05, 4.69) is 32.2 Å². The first-order valence-electron chi connectivity index (χ1n) is 10.6. The number of methoxy groups -OCH3 is 1. The van der Waals surface area contributed by atoms with Crippen molar-refractivity contribution in [3.8, 4) is 5.75 Å². The van der Waals surface area contributed by atoms with Crippen molar-refractivity contribution in [2.24, 2.45) is 0 Å². The van der Waals surface area contributed by atoms with Crippen LogP contribution in [0.15, 0.2) is 48.5 Å². The highest BCUT2D eigenvalue weighted by molar-refractivity contribution is 5.96. The van der Waals surface area contributed by atoms with Gasteiger partial charge in [0.05, 0.1) is 13.7 Å². The van der Waals surface area contributed by atoms with E-state index in [4.69, 9.17) is 4.74 Å². The fraction of sp³-hybridized carbons (Fsp3) is 0.440. The first kappa shape index (κ1) is 21.9. The molecule has 0 radical (unpaired) electrons. The number of rotatable bonds is 6. The maximum absolute atomic E-state index is 12.8. The molecule has 5 nitrogen and oxygen atoms in total. The van der Waals surface area contributed by atoms with Gasteiger partial charge in [-0.05, 0) is 60.1 Å². The van der Waals surface area contributed by atoms with Crippen LogP contribution in [0.3, 0.4) is 0 Å². The van der Waals surface area contributed by atoms with Gasteiger partial charge in [0.2, 0.25) is 5.91 Å². The third-order valence-corrected chi connectivity index (χ3v) is 5.72. The summed E-state index contributed by atoms with van der Waals surface area (Å²) in [5, 5.41) is 2.79. The molecule has 30 heavy (non-hydrogen) atoms. The monoisotopic (exact) mass is 408 g/mol. The Hall–Kier alpha value is -2.82. The minimum Gasteiger partial charge on any atom is -0.497 e. The smallest absolute Gasteiger partial charge is 0.251 e. The van der Waals surface area contributed by atoms with Crippen molar-refractivity contribution in [1.82, 2.24) is 10.2 Å².